The zero-order valence-electron chi connectivity index (χ0n) is 7.96. The molecule has 0 amide bonds. The summed E-state index contributed by atoms with van der Waals surface area (Å²) in [5.74, 6) is 0. The van der Waals surface area contributed by atoms with E-state index in [1.54, 1.807) is 0 Å². The molecule has 0 saturated heterocycles. The molecule has 0 N–H and O–H groups in total. The predicted octanol–water partition coefficient (Wildman–Crippen LogP) is 3.73. The van der Waals surface area contributed by atoms with Crippen LogP contribution in [-0.4, -0.2) is 0 Å². The van der Waals surface area contributed by atoms with Gasteiger partial charge in [-0.05, 0) is 36.5 Å². The fraction of sp³-hybridized carbons (Fsp3) is 0.231. The second-order valence-electron chi connectivity index (χ2n) is 3.45. The smallest absolute Gasteiger partial charge is 0.0158 e. The molecule has 0 radical (unpaired) electrons. The molecule has 0 spiro atoms. The van der Waals surface area contributed by atoms with Gasteiger partial charge in [0, 0.05) is 0 Å². The molecule has 0 saturated carbocycles. The molecule has 66 valence electrons. The van der Waals surface area contributed by atoms with Crippen molar-refractivity contribution in [3.8, 4) is 0 Å². The third-order valence-electron chi connectivity index (χ3n) is 2.45. The highest BCUT2D eigenvalue weighted by Gasteiger charge is 2.02. The minimum Gasteiger partial charge on any atom is -0.0836 e. The number of hydrogen-bond acceptors (Lipinski definition) is 0. The molecular weight excluding hydrogens is 156 g/mol. The van der Waals surface area contributed by atoms with Gasteiger partial charge in [-0.2, -0.15) is 0 Å². The van der Waals surface area contributed by atoms with E-state index in [1.807, 2.05) is 0 Å². The van der Waals surface area contributed by atoms with Crippen LogP contribution >= 0.6 is 0 Å². The van der Waals surface area contributed by atoms with Crippen LogP contribution in [-0.2, 0) is 0 Å². The van der Waals surface area contributed by atoms with Gasteiger partial charge in [0.2, 0.25) is 0 Å². The van der Waals surface area contributed by atoms with E-state index >= 15 is 0 Å². The maximum Gasteiger partial charge on any atom is -0.0158 e. The number of rotatable bonds is 1. The van der Waals surface area contributed by atoms with Crippen molar-refractivity contribution in [2.45, 2.75) is 19.8 Å². The third-order valence-corrected chi connectivity index (χ3v) is 2.45. The minimum absolute atomic E-state index is 1.18. The fourth-order valence-electron chi connectivity index (χ4n) is 1.71. The van der Waals surface area contributed by atoms with Crippen LogP contribution in [0.4, 0.5) is 0 Å². The highest BCUT2D eigenvalue weighted by atomic mass is 14.1. The average Bonchev–Trinajstić information content (AvgIpc) is 2.20. The Morgan fingerprint density at radius 3 is 2.62 bits per heavy atom. The third kappa shape index (κ3) is 1.72. The summed E-state index contributed by atoms with van der Waals surface area (Å²) in [6.07, 6.45) is 9.17. The number of aryl methyl sites for hydroxylation is 1. The van der Waals surface area contributed by atoms with Crippen LogP contribution in [0.2, 0.25) is 0 Å². The molecule has 1 aromatic carbocycles. The number of allylic oxidation sites excluding steroid dienone is 4. The van der Waals surface area contributed by atoms with Crippen molar-refractivity contribution in [2.24, 2.45) is 0 Å². The summed E-state index contributed by atoms with van der Waals surface area (Å²) < 4.78 is 0. The normalized spacial score (nSPS) is 15.6. The van der Waals surface area contributed by atoms with Gasteiger partial charge in [-0.1, -0.05) is 42.5 Å². The highest BCUT2D eigenvalue weighted by molar-refractivity contribution is 5.76. The Kier molecular flexibility index (Phi) is 2.31. The molecular formula is C13H14. The van der Waals surface area contributed by atoms with Gasteiger partial charge < -0.3 is 0 Å². The monoisotopic (exact) mass is 170 g/mol. The topological polar surface area (TPSA) is 0 Å². The molecule has 0 aromatic heterocycles. The van der Waals surface area contributed by atoms with Crippen molar-refractivity contribution in [2.75, 3.05) is 0 Å². The first kappa shape index (κ1) is 8.31. The molecule has 1 aliphatic rings. The number of hydrogen-bond donors (Lipinski definition) is 0. The largest absolute Gasteiger partial charge is 0.0836 e. The van der Waals surface area contributed by atoms with Crippen molar-refractivity contribution < 1.29 is 0 Å². The fourth-order valence-corrected chi connectivity index (χ4v) is 1.71. The molecule has 1 aliphatic carbocycles. The van der Waals surface area contributed by atoms with Gasteiger partial charge in [-0.15, -0.1) is 0 Å². The van der Waals surface area contributed by atoms with Crippen LogP contribution in [0.15, 0.2) is 42.5 Å². The van der Waals surface area contributed by atoms with E-state index < -0.39 is 0 Å². The molecule has 2 rings (SSSR count). The zero-order valence-corrected chi connectivity index (χ0v) is 7.96. The Bertz CT molecular complexity index is 356. The van der Waals surface area contributed by atoms with E-state index in [-0.39, 0.29) is 0 Å². The van der Waals surface area contributed by atoms with Crippen LogP contribution in [0.1, 0.15) is 24.0 Å². The van der Waals surface area contributed by atoms with Crippen molar-refractivity contribution in [3.05, 3.63) is 53.6 Å². The van der Waals surface area contributed by atoms with E-state index in [9.17, 15) is 0 Å². The lowest BCUT2D eigenvalue weighted by atomic mass is 9.96. The van der Waals surface area contributed by atoms with Gasteiger partial charge in [-0.3, -0.25) is 0 Å². The molecule has 0 atom stereocenters. The van der Waals surface area contributed by atoms with Crippen molar-refractivity contribution >= 4 is 5.57 Å². The molecule has 0 unspecified atom stereocenters. The van der Waals surface area contributed by atoms with Crippen LogP contribution in [0.3, 0.4) is 0 Å². The summed E-state index contributed by atoms with van der Waals surface area (Å²) in [5.41, 5.74) is 4.11. The molecule has 0 heteroatoms. The van der Waals surface area contributed by atoms with Gasteiger partial charge in [0.1, 0.15) is 0 Å². The molecule has 0 fully saturated rings. The first-order chi connectivity index (χ1) is 6.38. The van der Waals surface area contributed by atoms with E-state index in [4.69, 9.17) is 0 Å². The molecule has 0 bridgehead atoms. The van der Waals surface area contributed by atoms with E-state index in [0.717, 1.165) is 0 Å². The first-order valence-electron chi connectivity index (χ1n) is 4.80. The van der Waals surface area contributed by atoms with Crippen LogP contribution in [0.5, 0.6) is 0 Å². The predicted molar refractivity (Wildman–Crippen MR) is 57.5 cm³/mol. The van der Waals surface area contributed by atoms with Gasteiger partial charge >= 0.3 is 0 Å². The summed E-state index contributed by atoms with van der Waals surface area (Å²) in [6.45, 7) is 2.17. The SMILES string of the molecule is Cc1ccccc1C1=CCCC=C1. The summed E-state index contributed by atoms with van der Waals surface area (Å²) in [7, 11) is 0. The van der Waals surface area contributed by atoms with Crippen LogP contribution < -0.4 is 0 Å². The average molecular weight is 170 g/mol. The Morgan fingerprint density at radius 1 is 1.08 bits per heavy atom. The van der Waals surface area contributed by atoms with E-state index in [0.29, 0.717) is 0 Å². The molecule has 0 heterocycles. The Labute approximate surface area is 79.6 Å². The Hall–Kier alpha value is -1.30. The molecule has 13 heavy (non-hydrogen) atoms. The maximum absolute atomic E-state index is 2.32. The second kappa shape index (κ2) is 3.61. The number of benzene rings is 1. The summed E-state index contributed by atoms with van der Waals surface area (Å²) >= 11 is 0. The zero-order chi connectivity index (χ0) is 9.10. The second-order valence-corrected chi connectivity index (χ2v) is 3.45. The van der Waals surface area contributed by atoms with Crippen molar-refractivity contribution in [1.82, 2.24) is 0 Å². The van der Waals surface area contributed by atoms with Gasteiger partial charge in [0.25, 0.3) is 0 Å². The van der Waals surface area contributed by atoms with Crippen molar-refractivity contribution in [1.29, 1.82) is 0 Å². The lowest BCUT2D eigenvalue weighted by molar-refractivity contribution is 1.04. The van der Waals surface area contributed by atoms with Gasteiger partial charge in [0.05, 0.1) is 0 Å². The van der Waals surface area contributed by atoms with Gasteiger partial charge in [-0.25, -0.2) is 0 Å². The lowest BCUT2D eigenvalue weighted by Crippen LogP contribution is -1.88. The summed E-state index contributed by atoms with van der Waals surface area (Å²) in [5, 5.41) is 0. The van der Waals surface area contributed by atoms with E-state index in [1.165, 1.54) is 29.5 Å². The summed E-state index contributed by atoms with van der Waals surface area (Å²) in [4.78, 5) is 0. The molecule has 0 aliphatic heterocycles. The van der Waals surface area contributed by atoms with Crippen LogP contribution in [0.25, 0.3) is 5.57 Å². The summed E-state index contributed by atoms with van der Waals surface area (Å²) in [6, 6.07) is 8.55. The Balaban J connectivity index is 2.40. The first-order valence-corrected chi connectivity index (χ1v) is 4.80. The quantitative estimate of drug-likeness (QED) is 0.602. The highest BCUT2D eigenvalue weighted by Crippen LogP contribution is 2.23. The van der Waals surface area contributed by atoms with E-state index in [2.05, 4.69) is 49.4 Å². The minimum atomic E-state index is 1.18. The molecule has 0 nitrogen and oxygen atoms in total. The van der Waals surface area contributed by atoms with Crippen molar-refractivity contribution in [3.63, 3.8) is 0 Å². The lowest BCUT2D eigenvalue weighted by Gasteiger charge is -2.09. The maximum atomic E-state index is 2.32. The van der Waals surface area contributed by atoms with Gasteiger partial charge in [0.15, 0.2) is 0 Å². The standard InChI is InChI=1S/C13H14/c1-11-7-5-6-10-13(11)12-8-3-2-4-9-12/h3,5-10H,2,4H2,1H3. The molecule has 1 aromatic rings. The van der Waals surface area contributed by atoms with Crippen LogP contribution in [0, 0.1) is 6.92 Å². The Morgan fingerprint density at radius 2 is 1.92 bits per heavy atom.